The number of hydrogen-bond donors (Lipinski definition) is 0. The van der Waals surface area contributed by atoms with Crippen molar-refractivity contribution in [3.63, 3.8) is 0 Å². The van der Waals surface area contributed by atoms with Gasteiger partial charge in [0.15, 0.2) is 0 Å². The van der Waals surface area contributed by atoms with Crippen LogP contribution in [0.3, 0.4) is 0 Å². The van der Waals surface area contributed by atoms with Crippen molar-refractivity contribution in [2.45, 2.75) is 26.4 Å². The molecule has 0 fully saturated rings. The van der Waals surface area contributed by atoms with Gasteiger partial charge in [0.05, 0.1) is 13.0 Å². The minimum atomic E-state index is -0.278. The Kier molecular flexibility index (Phi) is 7.70. The number of carbonyl (C=O) groups excluding carboxylic acids is 1. The molecule has 1 amide bonds. The maximum absolute atomic E-state index is 11.8. The molecule has 0 spiro atoms. The summed E-state index contributed by atoms with van der Waals surface area (Å²) in [5, 5.41) is 1.21. The van der Waals surface area contributed by atoms with Crippen LogP contribution in [0.4, 0.5) is 0 Å². The SMILES string of the molecule is CC[C@@H](OC(=S)SC)[C@H](C)C(=O)N(C)OC. The highest BCUT2D eigenvalue weighted by atomic mass is 32.2. The number of hydrogen-bond acceptors (Lipinski definition) is 5. The topological polar surface area (TPSA) is 38.8 Å². The summed E-state index contributed by atoms with van der Waals surface area (Å²) in [5.74, 6) is -0.390. The summed E-state index contributed by atoms with van der Waals surface area (Å²) in [6, 6.07) is 0. The molecule has 0 rings (SSSR count). The molecule has 0 saturated carbocycles. The molecule has 0 aromatic rings. The summed E-state index contributed by atoms with van der Waals surface area (Å²) in [6.07, 6.45) is 2.37. The normalized spacial score (nSPS) is 14.1. The molecule has 0 unspecified atom stereocenters. The number of rotatable bonds is 5. The van der Waals surface area contributed by atoms with Crippen molar-refractivity contribution in [1.29, 1.82) is 0 Å². The molecular formula is C10H19NO3S2. The van der Waals surface area contributed by atoms with Crippen LogP contribution >= 0.6 is 24.0 Å². The molecule has 0 aliphatic carbocycles. The van der Waals surface area contributed by atoms with Crippen LogP contribution in [-0.2, 0) is 14.4 Å². The van der Waals surface area contributed by atoms with Crippen LogP contribution in [0.5, 0.6) is 0 Å². The molecule has 0 radical (unpaired) electrons. The number of amides is 1. The van der Waals surface area contributed by atoms with Crippen molar-refractivity contribution >= 4 is 34.3 Å². The van der Waals surface area contributed by atoms with Gasteiger partial charge in [-0.15, -0.1) is 0 Å². The van der Waals surface area contributed by atoms with Gasteiger partial charge >= 0.3 is 0 Å². The molecule has 0 heterocycles. The highest BCUT2D eigenvalue weighted by molar-refractivity contribution is 8.22. The molecule has 0 bridgehead atoms. The standard InChI is InChI=1S/C10H19NO3S2/c1-6-8(14-10(15)16-5)7(2)9(12)11(3)13-4/h7-8H,6H2,1-5H3/t7-,8+/m0/s1. The number of thiocarbonyl (C=S) groups is 1. The van der Waals surface area contributed by atoms with Gasteiger partial charge in [-0.05, 0) is 31.8 Å². The van der Waals surface area contributed by atoms with E-state index in [9.17, 15) is 4.79 Å². The first-order chi connectivity index (χ1) is 7.47. The summed E-state index contributed by atoms with van der Waals surface area (Å²) < 4.78 is 5.98. The van der Waals surface area contributed by atoms with E-state index in [2.05, 4.69) is 0 Å². The largest absolute Gasteiger partial charge is 0.474 e. The van der Waals surface area contributed by atoms with Gasteiger partial charge in [0.1, 0.15) is 6.10 Å². The van der Waals surface area contributed by atoms with Crippen molar-refractivity contribution in [2.24, 2.45) is 5.92 Å². The lowest BCUT2D eigenvalue weighted by Crippen LogP contribution is -2.38. The van der Waals surface area contributed by atoms with Gasteiger partial charge in [-0.2, -0.15) is 0 Å². The maximum Gasteiger partial charge on any atom is 0.252 e. The zero-order valence-corrected chi connectivity index (χ0v) is 12.0. The van der Waals surface area contributed by atoms with Crippen LogP contribution in [0.2, 0.25) is 0 Å². The van der Waals surface area contributed by atoms with Crippen LogP contribution in [-0.4, -0.2) is 41.9 Å². The van der Waals surface area contributed by atoms with Gasteiger partial charge < -0.3 is 4.74 Å². The Bertz CT molecular complexity index is 248. The first-order valence-electron chi connectivity index (χ1n) is 5.04. The second-order valence-electron chi connectivity index (χ2n) is 3.33. The zero-order valence-electron chi connectivity index (χ0n) is 10.4. The highest BCUT2D eigenvalue weighted by Crippen LogP contribution is 2.17. The number of hydroxylamine groups is 2. The molecule has 0 aromatic carbocycles. The van der Waals surface area contributed by atoms with Crippen LogP contribution in [0.15, 0.2) is 0 Å². The van der Waals surface area contributed by atoms with E-state index >= 15 is 0 Å². The first-order valence-corrected chi connectivity index (χ1v) is 6.67. The predicted octanol–water partition coefficient (Wildman–Crippen LogP) is 2.09. The fourth-order valence-electron chi connectivity index (χ4n) is 1.25. The van der Waals surface area contributed by atoms with E-state index in [4.69, 9.17) is 21.8 Å². The smallest absolute Gasteiger partial charge is 0.252 e. The summed E-state index contributed by atoms with van der Waals surface area (Å²) in [5.41, 5.74) is 0. The van der Waals surface area contributed by atoms with Crippen LogP contribution in [0.1, 0.15) is 20.3 Å². The first kappa shape index (κ1) is 15.7. The third-order valence-electron chi connectivity index (χ3n) is 2.35. The van der Waals surface area contributed by atoms with E-state index in [1.165, 1.54) is 23.9 Å². The monoisotopic (exact) mass is 265 g/mol. The average Bonchev–Trinajstić information content (AvgIpc) is 2.32. The molecule has 0 saturated heterocycles. The van der Waals surface area contributed by atoms with Crippen LogP contribution in [0.25, 0.3) is 0 Å². The Hall–Kier alpha value is -0.330. The number of nitrogens with zero attached hydrogens (tertiary/aromatic N) is 1. The summed E-state index contributed by atoms with van der Waals surface area (Å²) in [6.45, 7) is 3.78. The quantitative estimate of drug-likeness (QED) is 0.562. The van der Waals surface area contributed by atoms with Crippen molar-refractivity contribution in [1.82, 2.24) is 5.06 Å². The average molecular weight is 265 g/mol. The molecule has 0 aliphatic rings. The van der Waals surface area contributed by atoms with Gasteiger partial charge in [0, 0.05) is 7.05 Å². The Morgan fingerprint density at radius 3 is 2.50 bits per heavy atom. The summed E-state index contributed by atoms with van der Waals surface area (Å²) >= 11 is 6.35. The number of thioether (sulfide) groups is 1. The van der Waals surface area contributed by atoms with E-state index in [0.717, 1.165) is 6.42 Å². The van der Waals surface area contributed by atoms with Crippen molar-refractivity contribution in [3.8, 4) is 0 Å². The lowest BCUT2D eigenvalue weighted by Gasteiger charge is -2.25. The van der Waals surface area contributed by atoms with Gasteiger partial charge in [-0.1, -0.05) is 18.7 Å². The van der Waals surface area contributed by atoms with E-state index in [1.807, 2.05) is 20.1 Å². The van der Waals surface area contributed by atoms with E-state index in [1.54, 1.807) is 7.05 Å². The number of carbonyl (C=O) groups is 1. The van der Waals surface area contributed by atoms with E-state index < -0.39 is 0 Å². The van der Waals surface area contributed by atoms with Crippen LogP contribution < -0.4 is 0 Å². The summed E-state index contributed by atoms with van der Waals surface area (Å²) in [4.78, 5) is 16.7. The molecule has 16 heavy (non-hydrogen) atoms. The third-order valence-corrected chi connectivity index (χ3v) is 3.37. The number of ether oxygens (including phenoxy) is 1. The molecule has 6 heteroatoms. The molecule has 2 atom stereocenters. The Balaban J connectivity index is 4.46. The fourth-order valence-corrected chi connectivity index (χ4v) is 1.59. The lowest BCUT2D eigenvalue weighted by atomic mass is 10.0. The van der Waals surface area contributed by atoms with Crippen molar-refractivity contribution < 1.29 is 14.4 Å². The molecule has 4 nitrogen and oxygen atoms in total. The minimum absolute atomic E-state index is 0.113. The summed E-state index contributed by atoms with van der Waals surface area (Å²) in [7, 11) is 3.04. The Morgan fingerprint density at radius 2 is 2.12 bits per heavy atom. The minimum Gasteiger partial charge on any atom is -0.474 e. The molecule has 0 N–H and O–H groups in total. The zero-order chi connectivity index (χ0) is 12.7. The molecule has 0 aromatic heterocycles. The third kappa shape index (κ3) is 4.67. The second-order valence-corrected chi connectivity index (χ2v) is 4.73. The maximum atomic E-state index is 11.8. The lowest BCUT2D eigenvalue weighted by molar-refractivity contribution is -0.175. The Morgan fingerprint density at radius 1 is 1.56 bits per heavy atom. The second kappa shape index (κ2) is 7.86. The van der Waals surface area contributed by atoms with Crippen LogP contribution in [0, 0.1) is 5.92 Å². The van der Waals surface area contributed by atoms with Gasteiger partial charge in [-0.25, -0.2) is 5.06 Å². The fraction of sp³-hybridized carbons (Fsp3) is 0.800. The highest BCUT2D eigenvalue weighted by Gasteiger charge is 2.27. The van der Waals surface area contributed by atoms with E-state index in [0.29, 0.717) is 4.38 Å². The van der Waals surface area contributed by atoms with Gasteiger partial charge in [0.2, 0.25) is 4.38 Å². The molecular weight excluding hydrogens is 246 g/mol. The van der Waals surface area contributed by atoms with Crippen molar-refractivity contribution in [2.75, 3.05) is 20.4 Å². The van der Waals surface area contributed by atoms with Crippen molar-refractivity contribution in [3.05, 3.63) is 0 Å². The molecule has 0 aliphatic heterocycles. The van der Waals surface area contributed by atoms with Gasteiger partial charge in [-0.3, -0.25) is 9.63 Å². The van der Waals surface area contributed by atoms with E-state index in [-0.39, 0.29) is 17.9 Å². The van der Waals surface area contributed by atoms with Gasteiger partial charge in [0.25, 0.3) is 5.91 Å². The Labute approximate surface area is 107 Å². The molecule has 94 valence electrons. The predicted molar refractivity (Wildman–Crippen MR) is 70.2 cm³/mol.